The van der Waals surface area contributed by atoms with Gasteiger partial charge in [0.05, 0.1) is 23.3 Å². The lowest BCUT2D eigenvalue weighted by atomic mass is 10.1. The largest absolute Gasteiger partial charge is 0.324 e. The second-order valence-corrected chi connectivity index (χ2v) is 4.60. The number of nitrogens with zero attached hydrogens (tertiary/aromatic N) is 1. The van der Waals surface area contributed by atoms with E-state index in [0.29, 0.717) is 0 Å². The number of fused-ring (bicyclic) bond motifs is 1. The molecule has 1 aromatic heterocycles. The number of hydrogen-bond donors (Lipinski definition) is 2. The van der Waals surface area contributed by atoms with Crippen LogP contribution in [-0.2, 0) is 4.79 Å². The fourth-order valence-corrected chi connectivity index (χ4v) is 2.26. The van der Waals surface area contributed by atoms with Gasteiger partial charge in [-0.3, -0.25) is 9.78 Å². The molecule has 5 heteroatoms. The molecule has 2 N–H and O–H groups in total. The molecule has 100 valence electrons. The van der Waals surface area contributed by atoms with Crippen molar-refractivity contribution in [3.8, 4) is 0 Å². The number of amides is 1. The predicted molar refractivity (Wildman–Crippen MR) is 78.6 cm³/mol. The number of anilines is 1. The van der Waals surface area contributed by atoms with E-state index in [1.807, 2.05) is 30.3 Å². The summed E-state index contributed by atoms with van der Waals surface area (Å²) < 4.78 is 0. The molecule has 0 radical (unpaired) electrons. The van der Waals surface area contributed by atoms with Crippen molar-refractivity contribution >= 4 is 34.9 Å². The fourth-order valence-electron chi connectivity index (χ4n) is 2.26. The van der Waals surface area contributed by atoms with Crippen molar-refractivity contribution < 1.29 is 4.79 Å². The highest BCUT2D eigenvalue weighted by molar-refractivity contribution is 5.94. The third-order valence-corrected chi connectivity index (χ3v) is 3.29. The zero-order valence-corrected chi connectivity index (χ0v) is 11.2. The summed E-state index contributed by atoms with van der Waals surface area (Å²) in [5.74, 6) is 0.161. The summed E-state index contributed by atoms with van der Waals surface area (Å²) >= 11 is 0. The number of carbonyl (C=O) groups is 1. The smallest absolute Gasteiger partial charge is 0.228 e. The van der Waals surface area contributed by atoms with Crippen LogP contribution in [-0.4, -0.2) is 24.0 Å². The molecule has 4 nitrogen and oxygen atoms in total. The van der Waals surface area contributed by atoms with Gasteiger partial charge in [0, 0.05) is 11.9 Å². The van der Waals surface area contributed by atoms with Crippen molar-refractivity contribution in [2.24, 2.45) is 5.92 Å². The monoisotopic (exact) mass is 277 g/mol. The number of halogens is 1. The van der Waals surface area contributed by atoms with Crippen LogP contribution in [0.4, 0.5) is 5.69 Å². The van der Waals surface area contributed by atoms with Crippen LogP contribution in [0.2, 0.25) is 0 Å². The fraction of sp³-hybridized carbons (Fsp3) is 0.286. The Morgan fingerprint density at radius 3 is 3.00 bits per heavy atom. The molecule has 1 amide bonds. The van der Waals surface area contributed by atoms with Crippen molar-refractivity contribution in [3.05, 3.63) is 36.5 Å². The average molecular weight is 278 g/mol. The molecule has 0 bridgehead atoms. The molecule has 1 aliphatic rings. The standard InChI is InChI=1S/C14H15N3O.ClH/c18-14(11-5-6-15-8-11)17-12-7-10-3-1-2-4-13(10)16-9-12;/h1-4,7,9,11,15H,5-6,8H2,(H,17,18);1H. The molecule has 0 saturated carbocycles. The van der Waals surface area contributed by atoms with E-state index in [0.717, 1.165) is 36.1 Å². The van der Waals surface area contributed by atoms with Gasteiger partial charge < -0.3 is 10.6 Å². The van der Waals surface area contributed by atoms with Gasteiger partial charge in [-0.25, -0.2) is 0 Å². The maximum atomic E-state index is 12.0. The first-order valence-corrected chi connectivity index (χ1v) is 6.19. The van der Waals surface area contributed by atoms with Gasteiger partial charge in [-0.15, -0.1) is 12.4 Å². The molecule has 1 unspecified atom stereocenters. The van der Waals surface area contributed by atoms with Gasteiger partial charge in [-0.1, -0.05) is 18.2 Å². The minimum atomic E-state index is 0. The molecule has 1 atom stereocenters. The summed E-state index contributed by atoms with van der Waals surface area (Å²) in [4.78, 5) is 16.3. The van der Waals surface area contributed by atoms with Gasteiger partial charge in [0.1, 0.15) is 0 Å². The van der Waals surface area contributed by atoms with Crippen LogP contribution in [0.5, 0.6) is 0 Å². The van der Waals surface area contributed by atoms with Crippen LogP contribution in [0, 0.1) is 5.92 Å². The second kappa shape index (κ2) is 5.99. The number of hydrogen-bond acceptors (Lipinski definition) is 3. The summed E-state index contributed by atoms with van der Waals surface area (Å²) in [7, 11) is 0. The van der Waals surface area contributed by atoms with Crippen molar-refractivity contribution in [2.45, 2.75) is 6.42 Å². The molecule has 2 aromatic rings. The number of carbonyl (C=O) groups excluding carboxylic acids is 1. The Morgan fingerprint density at radius 2 is 2.21 bits per heavy atom. The van der Waals surface area contributed by atoms with Gasteiger partial charge in [0.15, 0.2) is 0 Å². The van der Waals surface area contributed by atoms with Crippen molar-refractivity contribution in [3.63, 3.8) is 0 Å². The molecule has 1 saturated heterocycles. The van der Waals surface area contributed by atoms with E-state index in [2.05, 4.69) is 15.6 Å². The number of benzene rings is 1. The molecule has 3 rings (SSSR count). The third-order valence-electron chi connectivity index (χ3n) is 3.29. The first-order chi connectivity index (χ1) is 8.83. The van der Waals surface area contributed by atoms with Gasteiger partial charge in [-0.2, -0.15) is 0 Å². The molecule has 1 fully saturated rings. The van der Waals surface area contributed by atoms with E-state index in [1.54, 1.807) is 6.20 Å². The van der Waals surface area contributed by atoms with E-state index in [4.69, 9.17) is 0 Å². The third kappa shape index (κ3) is 3.03. The minimum Gasteiger partial charge on any atom is -0.324 e. The van der Waals surface area contributed by atoms with Gasteiger partial charge in [-0.05, 0) is 25.1 Å². The van der Waals surface area contributed by atoms with Gasteiger partial charge in [0.2, 0.25) is 5.91 Å². The second-order valence-electron chi connectivity index (χ2n) is 4.60. The van der Waals surface area contributed by atoms with E-state index in [9.17, 15) is 4.79 Å². The van der Waals surface area contributed by atoms with Gasteiger partial charge in [0.25, 0.3) is 0 Å². The molecular formula is C14H16ClN3O. The summed E-state index contributed by atoms with van der Waals surface area (Å²) in [6.07, 6.45) is 2.62. The quantitative estimate of drug-likeness (QED) is 0.885. The molecule has 2 heterocycles. The number of aromatic nitrogens is 1. The summed E-state index contributed by atoms with van der Waals surface area (Å²) in [5, 5.41) is 7.17. The van der Waals surface area contributed by atoms with Crippen LogP contribution >= 0.6 is 12.4 Å². The van der Waals surface area contributed by atoms with Crippen LogP contribution in [0.3, 0.4) is 0 Å². The molecule has 1 aliphatic heterocycles. The molecular weight excluding hydrogens is 262 g/mol. The van der Waals surface area contributed by atoms with E-state index < -0.39 is 0 Å². The van der Waals surface area contributed by atoms with Crippen LogP contribution in [0.1, 0.15) is 6.42 Å². The van der Waals surface area contributed by atoms with E-state index in [1.165, 1.54) is 0 Å². The van der Waals surface area contributed by atoms with E-state index in [-0.39, 0.29) is 24.2 Å². The van der Waals surface area contributed by atoms with Gasteiger partial charge >= 0.3 is 0 Å². The normalized spacial score (nSPS) is 18.0. The molecule has 0 aliphatic carbocycles. The molecule has 0 spiro atoms. The maximum Gasteiger partial charge on any atom is 0.228 e. The minimum absolute atomic E-state index is 0. The zero-order chi connectivity index (χ0) is 12.4. The SMILES string of the molecule is Cl.O=C(Nc1cnc2ccccc2c1)C1CCNC1. The highest BCUT2D eigenvalue weighted by Gasteiger charge is 2.22. The maximum absolute atomic E-state index is 12.0. The van der Waals surface area contributed by atoms with Crippen molar-refractivity contribution in [2.75, 3.05) is 18.4 Å². The Bertz CT molecular complexity index is 582. The number of rotatable bonds is 2. The molecule has 1 aromatic carbocycles. The Morgan fingerprint density at radius 1 is 1.37 bits per heavy atom. The lowest BCUT2D eigenvalue weighted by molar-refractivity contribution is -0.119. The number of pyridine rings is 1. The molecule has 19 heavy (non-hydrogen) atoms. The summed E-state index contributed by atoms with van der Waals surface area (Å²) in [5.41, 5.74) is 1.71. The van der Waals surface area contributed by atoms with Crippen LogP contribution in [0.25, 0.3) is 10.9 Å². The number of nitrogens with one attached hydrogen (secondary N) is 2. The Kier molecular flexibility index (Phi) is 4.35. The lowest BCUT2D eigenvalue weighted by Crippen LogP contribution is -2.24. The lowest BCUT2D eigenvalue weighted by Gasteiger charge is -2.10. The highest BCUT2D eigenvalue weighted by atomic mass is 35.5. The topological polar surface area (TPSA) is 54.0 Å². The Balaban J connectivity index is 0.00000133. The van der Waals surface area contributed by atoms with E-state index >= 15 is 0 Å². The first-order valence-electron chi connectivity index (χ1n) is 6.19. The summed E-state index contributed by atoms with van der Waals surface area (Å²) in [6.45, 7) is 1.70. The zero-order valence-electron chi connectivity index (χ0n) is 10.4. The number of para-hydroxylation sites is 1. The van der Waals surface area contributed by atoms with Crippen LogP contribution in [0.15, 0.2) is 36.5 Å². The highest BCUT2D eigenvalue weighted by Crippen LogP contribution is 2.17. The Labute approximate surface area is 118 Å². The van der Waals surface area contributed by atoms with Crippen molar-refractivity contribution in [1.82, 2.24) is 10.3 Å². The average Bonchev–Trinajstić information content (AvgIpc) is 2.92. The summed E-state index contributed by atoms with van der Waals surface area (Å²) in [6, 6.07) is 9.84. The van der Waals surface area contributed by atoms with Crippen molar-refractivity contribution in [1.29, 1.82) is 0 Å². The Hall–Kier alpha value is -1.65. The first kappa shape index (κ1) is 13.8. The predicted octanol–water partition coefficient (Wildman–Crippen LogP) is 2.20. The van der Waals surface area contributed by atoms with Crippen LogP contribution < -0.4 is 10.6 Å².